The molecule has 2 rings (SSSR count). The SMILES string of the molecule is NC(=O)Cc1ccc(NCc2cc(F)cc(Cl)c2)cc1. The van der Waals surface area contributed by atoms with E-state index in [0.717, 1.165) is 16.8 Å². The van der Waals surface area contributed by atoms with E-state index >= 15 is 0 Å². The van der Waals surface area contributed by atoms with Crippen molar-refractivity contribution < 1.29 is 9.18 Å². The van der Waals surface area contributed by atoms with Gasteiger partial charge in [-0.25, -0.2) is 4.39 Å². The summed E-state index contributed by atoms with van der Waals surface area (Å²) in [5, 5.41) is 3.53. The van der Waals surface area contributed by atoms with Crippen molar-refractivity contribution in [3.05, 3.63) is 64.4 Å². The molecule has 0 saturated carbocycles. The van der Waals surface area contributed by atoms with Gasteiger partial charge in [0, 0.05) is 17.3 Å². The van der Waals surface area contributed by atoms with Crippen LogP contribution in [0.25, 0.3) is 0 Å². The van der Waals surface area contributed by atoms with Crippen molar-refractivity contribution in [3.63, 3.8) is 0 Å². The minimum absolute atomic E-state index is 0.222. The van der Waals surface area contributed by atoms with Gasteiger partial charge >= 0.3 is 0 Å². The standard InChI is InChI=1S/C15H14ClFN2O/c16-12-5-11(6-13(17)8-12)9-19-14-3-1-10(2-4-14)7-15(18)20/h1-6,8,19H,7,9H2,(H2,18,20). The molecule has 20 heavy (non-hydrogen) atoms. The maximum absolute atomic E-state index is 13.2. The number of nitrogens with two attached hydrogens (primary N) is 1. The highest BCUT2D eigenvalue weighted by Gasteiger charge is 2.01. The Kier molecular flexibility index (Phi) is 4.58. The van der Waals surface area contributed by atoms with E-state index in [2.05, 4.69) is 5.32 Å². The predicted octanol–water partition coefficient (Wildman–Crippen LogP) is 3.12. The largest absolute Gasteiger partial charge is 0.381 e. The highest BCUT2D eigenvalue weighted by molar-refractivity contribution is 6.30. The van der Waals surface area contributed by atoms with E-state index in [9.17, 15) is 9.18 Å². The molecule has 0 saturated heterocycles. The molecule has 0 atom stereocenters. The molecule has 0 unspecified atom stereocenters. The van der Waals surface area contributed by atoms with Crippen LogP contribution in [0, 0.1) is 5.82 Å². The molecule has 0 aromatic heterocycles. The van der Waals surface area contributed by atoms with Crippen LogP contribution in [0.5, 0.6) is 0 Å². The Bertz CT molecular complexity index is 594. The maximum Gasteiger partial charge on any atom is 0.221 e. The molecule has 0 fully saturated rings. The lowest BCUT2D eigenvalue weighted by Crippen LogP contribution is -2.13. The summed E-state index contributed by atoms with van der Waals surface area (Å²) in [6, 6.07) is 11.7. The van der Waals surface area contributed by atoms with Crippen LogP contribution in [0.4, 0.5) is 10.1 Å². The number of nitrogens with one attached hydrogen (secondary N) is 1. The van der Waals surface area contributed by atoms with Crippen LogP contribution in [-0.4, -0.2) is 5.91 Å². The van der Waals surface area contributed by atoms with E-state index in [4.69, 9.17) is 17.3 Å². The Morgan fingerprint density at radius 2 is 1.85 bits per heavy atom. The molecule has 0 heterocycles. The summed E-state index contributed by atoms with van der Waals surface area (Å²) in [6.07, 6.45) is 0.222. The number of benzene rings is 2. The van der Waals surface area contributed by atoms with Crippen molar-refractivity contribution in [3.8, 4) is 0 Å². The lowest BCUT2D eigenvalue weighted by molar-refractivity contribution is -0.117. The predicted molar refractivity (Wildman–Crippen MR) is 78.1 cm³/mol. The first-order valence-electron chi connectivity index (χ1n) is 6.09. The topological polar surface area (TPSA) is 55.1 Å². The van der Waals surface area contributed by atoms with Gasteiger partial charge in [-0.05, 0) is 41.5 Å². The Balaban J connectivity index is 1.98. The third-order valence-electron chi connectivity index (χ3n) is 2.75. The Morgan fingerprint density at radius 3 is 2.45 bits per heavy atom. The van der Waals surface area contributed by atoms with E-state index < -0.39 is 0 Å². The summed E-state index contributed by atoms with van der Waals surface area (Å²) in [4.78, 5) is 10.8. The Hall–Kier alpha value is -2.07. The van der Waals surface area contributed by atoms with Gasteiger partial charge in [-0.15, -0.1) is 0 Å². The second-order valence-electron chi connectivity index (χ2n) is 4.47. The van der Waals surface area contributed by atoms with Crippen molar-refractivity contribution in [1.29, 1.82) is 0 Å². The highest BCUT2D eigenvalue weighted by Crippen LogP contribution is 2.16. The number of amides is 1. The van der Waals surface area contributed by atoms with Crippen molar-refractivity contribution >= 4 is 23.2 Å². The van der Waals surface area contributed by atoms with E-state index in [0.29, 0.717) is 11.6 Å². The third-order valence-corrected chi connectivity index (χ3v) is 2.97. The normalized spacial score (nSPS) is 10.3. The molecule has 0 spiro atoms. The fraction of sp³-hybridized carbons (Fsp3) is 0.133. The number of anilines is 1. The first kappa shape index (κ1) is 14.3. The molecular formula is C15H14ClFN2O. The molecule has 5 heteroatoms. The number of rotatable bonds is 5. The van der Waals surface area contributed by atoms with Gasteiger partial charge < -0.3 is 11.1 Å². The average molecular weight is 293 g/mol. The van der Waals surface area contributed by atoms with Crippen LogP contribution in [0.3, 0.4) is 0 Å². The van der Waals surface area contributed by atoms with Gasteiger partial charge in [-0.3, -0.25) is 4.79 Å². The fourth-order valence-electron chi connectivity index (χ4n) is 1.86. The van der Waals surface area contributed by atoms with Crippen molar-refractivity contribution in [1.82, 2.24) is 0 Å². The number of primary amides is 1. The van der Waals surface area contributed by atoms with Crippen molar-refractivity contribution in [2.75, 3.05) is 5.32 Å². The molecule has 0 aliphatic rings. The van der Waals surface area contributed by atoms with E-state index in [1.165, 1.54) is 12.1 Å². The third kappa shape index (κ3) is 4.24. The lowest BCUT2D eigenvalue weighted by Gasteiger charge is -2.08. The number of carbonyl (C=O) groups is 1. The average Bonchev–Trinajstić information content (AvgIpc) is 2.36. The summed E-state index contributed by atoms with van der Waals surface area (Å²) in [7, 11) is 0. The van der Waals surface area contributed by atoms with Crippen LogP contribution < -0.4 is 11.1 Å². The van der Waals surface area contributed by atoms with Gasteiger partial charge in [0.05, 0.1) is 6.42 Å². The smallest absolute Gasteiger partial charge is 0.221 e. The Labute approximate surface area is 121 Å². The van der Waals surface area contributed by atoms with Gasteiger partial charge in [0.25, 0.3) is 0 Å². The second-order valence-corrected chi connectivity index (χ2v) is 4.91. The lowest BCUT2D eigenvalue weighted by atomic mass is 10.1. The molecule has 3 N–H and O–H groups in total. The molecule has 2 aromatic carbocycles. The van der Waals surface area contributed by atoms with Crippen LogP contribution >= 0.6 is 11.6 Å². The second kappa shape index (κ2) is 6.39. The van der Waals surface area contributed by atoms with Crippen LogP contribution in [0.2, 0.25) is 5.02 Å². The van der Waals surface area contributed by atoms with Crippen LogP contribution in [0.15, 0.2) is 42.5 Å². The minimum atomic E-state index is -0.361. The van der Waals surface area contributed by atoms with Gasteiger partial charge in [0.2, 0.25) is 5.91 Å². The fourth-order valence-corrected chi connectivity index (χ4v) is 2.10. The van der Waals surface area contributed by atoms with Crippen LogP contribution in [0.1, 0.15) is 11.1 Å². The molecule has 0 bridgehead atoms. The maximum atomic E-state index is 13.2. The number of halogens is 2. The first-order chi connectivity index (χ1) is 9.52. The zero-order chi connectivity index (χ0) is 14.5. The quantitative estimate of drug-likeness (QED) is 0.889. The summed E-state index contributed by atoms with van der Waals surface area (Å²) in [6.45, 7) is 0.465. The first-order valence-corrected chi connectivity index (χ1v) is 6.47. The Morgan fingerprint density at radius 1 is 1.15 bits per heavy atom. The summed E-state index contributed by atoms with van der Waals surface area (Å²) in [5.41, 5.74) is 7.62. The van der Waals surface area contributed by atoms with Gasteiger partial charge in [-0.1, -0.05) is 23.7 Å². The molecule has 2 aromatic rings. The molecule has 0 aliphatic heterocycles. The minimum Gasteiger partial charge on any atom is -0.381 e. The van der Waals surface area contributed by atoms with Crippen molar-refractivity contribution in [2.24, 2.45) is 5.73 Å². The van der Waals surface area contributed by atoms with Crippen LogP contribution in [-0.2, 0) is 17.8 Å². The van der Waals surface area contributed by atoms with E-state index in [-0.39, 0.29) is 18.1 Å². The molecule has 0 aliphatic carbocycles. The molecule has 1 amide bonds. The molecular weight excluding hydrogens is 279 g/mol. The zero-order valence-electron chi connectivity index (χ0n) is 10.7. The monoisotopic (exact) mass is 292 g/mol. The van der Waals surface area contributed by atoms with E-state index in [1.54, 1.807) is 6.07 Å². The van der Waals surface area contributed by atoms with Crippen molar-refractivity contribution in [2.45, 2.75) is 13.0 Å². The van der Waals surface area contributed by atoms with Gasteiger partial charge in [0.15, 0.2) is 0 Å². The summed E-state index contributed by atoms with van der Waals surface area (Å²) >= 11 is 5.79. The molecule has 0 radical (unpaired) electrons. The van der Waals surface area contributed by atoms with E-state index in [1.807, 2.05) is 24.3 Å². The number of carbonyl (C=O) groups excluding carboxylic acids is 1. The van der Waals surface area contributed by atoms with Gasteiger partial charge in [0.1, 0.15) is 5.82 Å². The summed E-state index contributed by atoms with van der Waals surface area (Å²) in [5.74, 6) is -0.716. The number of hydrogen-bond donors (Lipinski definition) is 2. The molecule has 3 nitrogen and oxygen atoms in total. The highest BCUT2D eigenvalue weighted by atomic mass is 35.5. The molecule has 104 valence electrons. The number of hydrogen-bond acceptors (Lipinski definition) is 2. The van der Waals surface area contributed by atoms with Gasteiger partial charge in [-0.2, -0.15) is 0 Å². The zero-order valence-corrected chi connectivity index (χ0v) is 11.5. The summed E-state index contributed by atoms with van der Waals surface area (Å²) < 4.78 is 13.2.